The van der Waals surface area contributed by atoms with E-state index in [1.165, 1.54) is 0 Å². The Hall–Kier alpha value is -1.06. The highest BCUT2D eigenvalue weighted by Gasteiger charge is 2.50. The largest absolute Gasteiger partial charge is 0.368 e. The van der Waals surface area contributed by atoms with Crippen LogP contribution in [0.4, 0.5) is 0 Å². The first kappa shape index (κ1) is 10.0. The quantitative estimate of drug-likeness (QED) is 0.649. The summed E-state index contributed by atoms with van der Waals surface area (Å²) >= 11 is 0. The lowest BCUT2D eigenvalue weighted by Crippen LogP contribution is -2.43. The average Bonchev–Trinajstić information content (AvgIpc) is 2.59. The highest BCUT2D eigenvalue weighted by atomic mass is 16.2. The molecule has 0 unspecified atom stereocenters. The molecule has 2 amide bonds. The minimum absolute atomic E-state index is 0.0503. The molecule has 0 aromatic rings. The average molecular weight is 184 g/mol. The summed E-state index contributed by atoms with van der Waals surface area (Å²) in [7, 11) is 0. The fourth-order valence-electron chi connectivity index (χ4n) is 1.30. The van der Waals surface area contributed by atoms with E-state index in [2.05, 4.69) is 5.32 Å². The normalized spacial score (nSPS) is 26.2. The number of hydrogen-bond donors (Lipinski definition) is 2. The lowest BCUT2D eigenvalue weighted by molar-refractivity contribution is -0.128. The van der Waals surface area contributed by atoms with Crippen molar-refractivity contribution in [1.82, 2.24) is 5.32 Å². The van der Waals surface area contributed by atoms with Crippen LogP contribution in [0.25, 0.3) is 0 Å². The molecule has 74 valence electrons. The monoisotopic (exact) mass is 184 g/mol. The van der Waals surface area contributed by atoms with E-state index in [9.17, 15) is 9.59 Å². The van der Waals surface area contributed by atoms with Gasteiger partial charge in [0.05, 0.1) is 0 Å². The molecule has 0 saturated heterocycles. The predicted octanol–water partition coefficient (Wildman–Crippen LogP) is 0.0225. The van der Waals surface area contributed by atoms with Crippen molar-refractivity contribution in [3.05, 3.63) is 0 Å². The fraction of sp³-hybridized carbons (Fsp3) is 0.778. The van der Waals surface area contributed by atoms with Gasteiger partial charge in [-0.15, -0.1) is 0 Å². The standard InChI is InChI=1S/C9H16N2O2/c1-5(7(10)12)11-8(13)6-4-9(6,2)3/h5-6H,4H2,1-3H3,(H2,10,12)(H,11,13)/t5-,6+/m0/s1. The number of primary amides is 1. The molecule has 0 radical (unpaired) electrons. The number of carbonyl (C=O) groups excluding carboxylic acids is 2. The zero-order chi connectivity index (χ0) is 10.2. The Balaban J connectivity index is 2.40. The van der Waals surface area contributed by atoms with Crippen molar-refractivity contribution in [3.63, 3.8) is 0 Å². The van der Waals surface area contributed by atoms with E-state index in [1.807, 2.05) is 13.8 Å². The number of rotatable bonds is 3. The van der Waals surface area contributed by atoms with E-state index in [1.54, 1.807) is 6.92 Å². The van der Waals surface area contributed by atoms with Crippen molar-refractivity contribution >= 4 is 11.8 Å². The Labute approximate surface area is 77.9 Å². The van der Waals surface area contributed by atoms with Crippen molar-refractivity contribution in [1.29, 1.82) is 0 Å². The molecule has 3 N–H and O–H groups in total. The van der Waals surface area contributed by atoms with Gasteiger partial charge in [0.2, 0.25) is 11.8 Å². The third kappa shape index (κ3) is 2.20. The van der Waals surface area contributed by atoms with Gasteiger partial charge >= 0.3 is 0 Å². The summed E-state index contributed by atoms with van der Waals surface area (Å²) in [6.45, 7) is 5.66. The lowest BCUT2D eigenvalue weighted by atomic mass is 10.1. The third-order valence-electron chi connectivity index (χ3n) is 2.62. The van der Waals surface area contributed by atoms with Crippen molar-refractivity contribution in [3.8, 4) is 0 Å². The molecule has 1 aliphatic carbocycles. The van der Waals surface area contributed by atoms with Gasteiger partial charge in [0, 0.05) is 5.92 Å². The molecule has 0 aromatic carbocycles. The summed E-state index contributed by atoms with van der Waals surface area (Å²) in [6.07, 6.45) is 0.893. The summed E-state index contributed by atoms with van der Waals surface area (Å²) < 4.78 is 0. The molecule has 0 aromatic heterocycles. The summed E-state index contributed by atoms with van der Waals surface area (Å²) in [5.74, 6) is -0.502. The second-order valence-electron chi connectivity index (χ2n) is 4.38. The maximum atomic E-state index is 11.4. The van der Waals surface area contributed by atoms with Gasteiger partial charge < -0.3 is 11.1 Å². The van der Waals surface area contributed by atoms with E-state index < -0.39 is 11.9 Å². The van der Waals surface area contributed by atoms with Gasteiger partial charge in [0.25, 0.3) is 0 Å². The van der Waals surface area contributed by atoms with Crippen LogP contribution in [0.3, 0.4) is 0 Å². The molecule has 0 spiro atoms. The number of nitrogens with one attached hydrogen (secondary N) is 1. The smallest absolute Gasteiger partial charge is 0.239 e. The Morgan fingerprint density at radius 2 is 2.00 bits per heavy atom. The molecular formula is C9H16N2O2. The Morgan fingerprint density at radius 1 is 1.54 bits per heavy atom. The topological polar surface area (TPSA) is 72.2 Å². The SMILES string of the molecule is C[C@H](NC(=O)[C@H]1CC1(C)C)C(N)=O. The Bertz CT molecular complexity index is 248. The maximum absolute atomic E-state index is 11.4. The lowest BCUT2D eigenvalue weighted by Gasteiger charge is -2.10. The van der Waals surface area contributed by atoms with Crippen molar-refractivity contribution in [2.45, 2.75) is 33.2 Å². The minimum Gasteiger partial charge on any atom is -0.368 e. The summed E-state index contributed by atoms with van der Waals surface area (Å²) in [5.41, 5.74) is 5.12. The van der Waals surface area contributed by atoms with Crippen LogP contribution in [-0.2, 0) is 9.59 Å². The molecule has 1 saturated carbocycles. The van der Waals surface area contributed by atoms with Crippen LogP contribution < -0.4 is 11.1 Å². The minimum atomic E-state index is -0.566. The van der Waals surface area contributed by atoms with Gasteiger partial charge in [-0.05, 0) is 18.8 Å². The van der Waals surface area contributed by atoms with Crippen LogP contribution in [0, 0.1) is 11.3 Å². The highest BCUT2D eigenvalue weighted by Crippen LogP contribution is 2.51. The van der Waals surface area contributed by atoms with Crippen molar-refractivity contribution in [2.24, 2.45) is 17.1 Å². The molecule has 4 heteroatoms. The molecule has 2 atom stereocenters. The molecular weight excluding hydrogens is 168 g/mol. The summed E-state index contributed by atoms with van der Waals surface area (Å²) in [4.78, 5) is 22.1. The molecule has 1 aliphatic rings. The number of hydrogen-bond acceptors (Lipinski definition) is 2. The van der Waals surface area contributed by atoms with Crippen LogP contribution in [0.2, 0.25) is 0 Å². The van der Waals surface area contributed by atoms with Crippen LogP contribution in [-0.4, -0.2) is 17.9 Å². The summed E-state index contributed by atoms with van der Waals surface area (Å²) in [5, 5.41) is 2.58. The van der Waals surface area contributed by atoms with Crippen LogP contribution in [0.1, 0.15) is 27.2 Å². The van der Waals surface area contributed by atoms with Gasteiger partial charge in [0.15, 0.2) is 0 Å². The fourth-order valence-corrected chi connectivity index (χ4v) is 1.30. The molecule has 1 fully saturated rings. The van der Waals surface area contributed by atoms with Crippen molar-refractivity contribution < 1.29 is 9.59 Å². The second kappa shape index (κ2) is 3.01. The first-order chi connectivity index (χ1) is 5.84. The van der Waals surface area contributed by atoms with Gasteiger partial charge in [-0.1, -0.05) is 13.8 Å². The molecule has 0 heterocycles. The van der Waals surface area contributed by atoms with Crippen LogP contribution in [0.5, 0.6) is 0 Å². The molecule has 1 rings (SSSR count). The van der Waals surface area contributed by atoms with E-state index in [0.29, 0.717) is 0 Å². The van der Waals surface area contributed by atoms with E-state index in [-0.39, 0.29) is 17.2 Å². The maximum Gasteiger partial charge on any atom is 0.239 e. The van der Waals surface area contributed by atoms with Crippen molar-refractivity contribution in [2.75, 3.05) is 0 Å². The van der Waals surface area contributed by atoms with E-state index in [0.717, 1.165) is 6.42 Å². The van der Waals surface area contributed by atoms with E-state index in [4.69, 9.17) is 5.73 Å². The molecule has 0 bridgehead atoms. The molecule has 0 aliphatic heterocycles. The first-order valence-electron chi connectivity index (χ1n) is 4.44. The number of nitrogens with two attached hydrogens (primary N) is 1. The second-order valence-corrected chi connectivity index (χ2v) is 4.38. The Morgan fingerprint density at radius 3 is 2.31 bits per heavy atom. The van der Waals surface area contributed by atoms with Gasteiger partial charge in [-0.2, -0.15) is 0 Å². The van der Waals surface area contributed by atoms with Crippen LogP contribution >= 0.6 is 0 Å². The first-order valence-corrected chi connectivity index (χ1v) is 4.44. The van der Waals surface area contributed by atoms with E-state index >= 15 is 0 Å². The van der Waals surface area contributed by atoms with Gasteiger partial charge in [-0.3, -0.25) is 9.59 Å². The zero-order valence-corrected chi connectivity index (χ0v) is 8.26. The summed E-state index contributed by atoms with van der Waals surface area (Å²) in [6, 6.07) is -0.566. The van der Waals surface area contributed by atoms with Gasteiger partial charge in [0.1, 0.15) is 6.04 Å². The Kier molecular flexibility index (Phi) is 2.32. The zero-order valence-electron chi connectivity index (χ0n) is 8.26. The molecule has 13 heavy (non-hydrogen) atoms. The third-order valence-corrected chi connectivity index (χ3v) is 2.62. The number of amides is 2. The predicted molar refractivity (Wildman–Crippen MR) is 48.7 cm³/mol. The number of carbonyl (C=O) groups is 2. The van der Waals surface area contributed by atoms with Gasteiger partial charge in [-0.25, -0.2) is 0 Å². The molecule has 4 nitrogen and oxygen atoms in total. The van der Waals surface area contributed by atoms with Crippen LogP contribution in [0.15, 0.2) is 0 Å². The highest BCUT2D eigenvalue weighted by molar-refractivity contribution is 5.88.